The fourth-order valence-electron chi connectivity index (χ4n) is 1.51. The molecule has 0 aliphatic heterocycles. The van der Waals surface area contributed by atoms with Crippen molar-refractivity contribution in [1.82, 2.24) is 10.2 Å². The van der Waals surface area contributed by atoms with Crippen LogP contribution in [0.3, 0.4) is 0 Å². The molecule has 0 bridgehead atoms. The van der Waals surface area contributed by atoms with E-state index in [9.17, 15) is 4.79 Å². The van der Waals surface area contributed by atoms with Crippen molar-refractivity contribution in [1.29, 1.82) is 0 Å². The van der Waals surface area contributed by atoms with Crippen LogP contribution in [0, 0.1) is 5.41 Å². The van der Waals surface area contributed by atoms with Crippen LogP contribution in [0.1, 0.15) is 33.6 Å². The maximum absolute atomic E-state index is 11.8. The Morgan fingerprint density at radius 2 is 1.86 bits per heavy atom. The third-order valence-corrected chi connectivity index (χ3v) is 2.53. The van der Waals surface area contributed by atoms with E-state index in [1.807, 2.05) is 34.9 Å². The van der Waals surface area contributed by atoms with E-state index in [4.69, 9.17) is 0 Å². The zero-order chi connectivity index (χ0) is 11.0. The lowest BCUT2D eigenvalue weighted by Crippen LogP contribution is -2.47. The van der Waals surface area contributed by atoms with E-state index in [1.54, 1.807) is 0 Å². The summed E-state index contributed by atoms with van der Waals surface area (Å²) in [4.78, 5) is 13.9. The number of carbonyl (C=O) groups excluding carboxylic acids is 1. The van der Waals surface area contributed by atoms with Crippen molar-refractivity contribution in [2.45, 2.75) is 39.2 Å². The fraction of sp³-hybridized carbons (Fsp3) is 0.909. The van der Waals surface area contributed by atoms with Crippen molar-refractivity contribution in [2.75, 3.05) is 20.6 Å². The number of rotatable bonds is 3. The molecule has 1 aliphatic rings. The van der Waals surface area contributed by atoms with Gasteiger partial charge in [-0.1, -0.05) is 20.8 Å². The van der Waals surface area contributed by atoms with Crippen LogP contribution in [0.5, 0.6) is 0 Å². The molecule has 0 spiro atoms. The van der Waals surface area contributed by atoms with Gasteiger partial charge in [0.1, 0.15) is 0 Å². The van der Waals surface area contributed by atoms with E-state index in [0.717, 1.165) is 19.4 Å². The highest BCUT2D eigenvalue weighted by Crippen LogP contribution is 2.36. The van der Waals surface area contributed by atoms with Crippen LogP contribution in [-0.2, 0) is 4.79 Å². The Bertz CT molecular complexity index is 224. The van der Waals surface area contributed by atoms with Crippen LogP contribution < -0.4 is 5.32 Å². The summed E-state index contributed by atoms with van der Waals surface area (Å²) in [5.74, 6) is 0.164. The zero-order valence-corrected chi connectivity index (χ0v) is 9.98. The summed E-state index contributed by atoms with van der Waals surface area (Å²) in [7, 11) is 4.09. The average Bonchev–Trinajstić information content (AvgIpc) is 2.64. The second kappa shape index (κ2) is 3.54. The van der Waals surface area contributed by atoms with Gasteiger partial charge in [-0.25, -0.2) is 0 Å². The Balaban J connectivity index is 2.48. The van der Waals surface area contributed by atoms with Gasteiger partial charge < -0.3 is 10.2 Å². The molecule has 0 aromatic heterocycles. The van der Waals surface area contributed by atoms with Crippen molar-refractivity contribution in [2.24, 2.45) is 5.41 Å². The lowest BCUT2D eigenvalue weighted by atomic mass is 9.95. The van der Waals surface area contributed by atoms with Gasteiger partial charge in [0.05, 0.1) is 5.54 Å². The third-order valence-electron chi connectivity index (χ3n) is 2.53. The Labute approximate surface area is 86.9 Å². The van der Waals surface area contributed by atoms with Crippen LogP contribution in [0.4, 0.5) is 0 Å². The summed E-state index contributed by atoms with van der Waals surface area (Å²) in [6.07, 6.45) is 2.24. The summed E-state index contributed by atoms with van der Waals surface area (Å²) < 4.78 is 0. The first-order valence-corrected chi connectivity index (χ1v) is 5.23. The maximum Gasteiger partial charge on any atom is 0.225 e. The first-order valence-electron chi connectivity index (χ1n) is 5.23. The normalized spacial score (nSPS) is 19.6. The van der Waals surface area contributed by atoms with Crippen molar-refractivity contribution in [3.05, 3.63) is 0 Å². The monoisotopic (exact) mass is 198 g/mol. The molecular weight excluding hydrogens is 176 g/mol. The van der Waals surface area contributed by atoms with Crippen molar-refractivity contribution >= 4 is 5.91 Å². The summed E-state index contributed by atoms with van der Waals surface area (Å²) >= 11 is 0. The first kappa shape index (κ1) is 11.5. The smallest absolute Gasteiger partial charge is 0.225 e. The summed E-state index contributed by atoms with van der Waals surface area (Å²) in [6, 6.07) is 0. The highest BCUT2D eigenvalue weighted by atomic mass is 16.2. The largest absolute Gasteiger partial charge is 0.349 e. The number of hydrogen-bond donors (Lipinski definition) is 1. The fourth-order valence-corrected chi connectivity index (χ4v) is 1.51. The van der Waals surface area contributed by atoms with Crippen molar-refractivity contribution < 1.29 is 4.79 Å². The predicted octanol–water partition coefficient (Wildman–Crippen LogP) is 1.24. The third kappa shape index (κ3) is 2.98. The van der Waals surface area contributed by atoms with Gasteiger partial charge in [0, 0.05) is 12.0 Å². The SMILES string of the molecule is CN(C)CC1(NC(=O)C(C)(C)C)CC1. The highest BCUT2D eigenvalue weighted by Gasteiger charge is 2.45. The molecule has 0 atom stereocenters. The molecule has 0 radical (unpaired) electrons. The molecule has 0 heterocycles. The molecule has 82 valence electrons. The minimum atomic E-state index is -0.276. The number of nitrogens with zero attached hydrogens (tertiary/aromatic N) is 1. The van der Waals surface area contributed by atoms with Crippen LogP contribution in [0.25, 0.3) is 0 Å². The van der Waals surface area contributed by atoms with Gasteiger partial charge in [0.25, 0.3) is 0 Å². The molecule has 3 heteroatoms. The lowest BCUT2D eigenvalue weighted by Gasteiger charge is -2.26. The van der Waals surface area contributed by atoms with Crippen LogP contribution in [0.2, 0.25) is 0 Å². The van der Waals surface area contributed by atoms with Gasteiger partial charge in [0.15, 0.2) is 0 Å². The molecule has 0 unspecified atom stereocenters. The zero-order valence-electron chi connectivity index (χ0n) is 9.98. The number of nitrogens with one attached hydrogen (secondary N) is 1. The second-order valence-corrected chi connectivity index (χ2v) is 5.72. The van der Waals surface area contributed by atoms with Gasteiger partial charge in [0.2, 0.25) is 5.91 Å². The molecule has 3 nitrogen and oxygen atoms in total. The number of hydrogen-bond acceptors (Lipinski definition) is 2. The number of amides is 1. The Kier molecular flexibility index (Phi) is 2.91. The van der Waals surface area contributed by atoms with Crippen molar-refractivity contribution in [3.8, 4) is 0 Å². The van der Waals surface area contributed by atoms with E-state index in [0.29, 0.717) is 0 Å². The van der Waals surface area contributed by atoms with Gasteiger partial charge in [-0.05, 0) is 26.9 Å². The minimum Gasteiger partial charge on any atom is -0.349 e. The van der Waals surface area contributed by atoms with Gasteiger partial charge in [-0.3, -0.25) is 4.79 Å². The quantitative estimate of drug-likeness (QED) is 0.740. The van der Waals surface area contributed by atoms with Crippen LogP contribution in [-0.4, -0.2) is 37.0 Å². The summed E-state index contributed by atoms with van der Waals surface area (Å²) in [5.41, 5.74) is -0.199. The molecule has 14 heavy (non-hydrogen) atoms. The molecule has 1 N–H and O–H groups in total. The molecule has 0 aromatic rings. The number of carbonyl (C=O) groups is 1. The molecular formula is C11H22N2O. The Hall–Kier alpha value is -0.570. The minimum absolute atomic E-state index is 0.0772. The van der Waals surface area contributed by atoms with E-state index in [2.05, 4.69) is 10.2 Å². The lowest BCUT2D eigenvalue weighted by molar-refractivity contribution is -0.129. The van der Waals surface area contributed by atoms with E-state index < -0.39 is 0 Å². The molecule has 1 fully saturated rings. The number of likely N-dealkylation sites (N-methyl/N-ethyl adjacent to an activating group) is 1. The Morgan fingerprint density at radius 3 is 2.14 bits per heavy atom. The highest BCUT2D eigenvalue weighted by molar-refractivity contribution is 5.82. The summed E-state index contributed by atoms with van der Waals surface area (Å²) in [6.45, 7) is 6.81. The molecule has 0 saturated heterocycles. The topological polar surface area (TPSA) is 32.3 Å². The van der Waals surface area contributed by atoms with Gasteiger partial charge in [-0.2, -0.15) is 0 Å². The van der Waals surface area contributed by atoms with Gasteiger partial charge in [-0.15, -0.1) is 0 Å². The Morgan fingerprint density at radius 1 is 1.36 bits per heavy atom. The first-order chi connectivity index (χ1) is 6.25. The van der Waals surface area contributed by atoms with E-state index in [1.165, 1.54) is 0 Å². The molecule has 1 aliphatic carbocycles. The average molecular weight is 198 g/mol. The summed E-state index contributed by atoms with van der Waals surface area (Å²) in [5, 5.41) is 3.16. The second-order valence-electron chi connectivity index (χ2n) is 5.72. The van der Waals surface area contributed by atoms with Gasteiger partial charge >= 0.3 is 0 Å². The van der Waals surface area contributed by atoms with E-state index >= 15 is 0 Å². The molecule has 0 aromatic carbocycles. The molecule has 1 saturated carbocycles. The standard InChI is InChI=1S/C11H22N2O/c1-10(2,3)9(14)12-11(6-7-11)8-13(4)5/h6-8H2,1-5H3,(H,12,14). The van der Waals surface area contributed by atoms with Crippen molar-refractivity contribution in [3.63, 3.8) is 0 Å². The maximum atomic E-state index is 11.8. The predicted molar refractivity (Wildman–Crippen MR) is 58.1 cm³/mol. The molecule has 1 amide bonds. The van der Waals surface area contributed by atoms with Crippen LogP contribution in [0.15, 0.2) is 0 Å². The molecule has 1 rings (SSSR count). The van der Waals surface area contributed by atoms with E-state index in [-0.39, 0.29) is 16.9 Å². The van der Waals surface area contributed by atoms with Crippen LogP contribution >= 0.6 is 0 Å².